The molecule has 3 heterocycles. The van der Waals surface area contributed by atoms with E-state index < -0.39 is 0 Å². The van der Waals surface area contributed by atoms with Crippen LogP contribution in [0.25, 0.3) is 0 Å². The minimum atomic E-state index is -0.117. The standard InChI is InChI=1S/C15H15N3O3/c1-11-14(8-16-17-11)15(19)18(9-12-4-2-6-20-12)10-13-5-3-7-21-13/h2-8H,9-10H2,1H3,(H,16,17). The Labute approximate surface area is 121 Å². The van der Waals surface area contributed by atoms with Gasteiger partial charge in [0.25, 0.3) is 5.91 Å². The summed E-state index contributed by atoms with van der Waals surface area (Å²) in [5.74, 6) is 1.32. The number of aromatic amines is 1. The maximum absolute atomic E-state index is 12.7. The molecule has 0 aliphatic heterocycles. The highest BCUT2D eigenvalue weighted by molar-refractivity contribution is 5.94. The first-order valence-electron chi connectivity index (χ1n) is 6.58. The van der Waals surface area contributed by atoms with Gasteiger partial charge in [0.05, 0.1) is 37.4 Å². The zero-order valence-corrected chi connectivity index (χ0v) is 11.6. The molecule has 0 radical (unpaired) electrons. The Kier molecular flexibility index (Phi) is 3.59. The van der Waals surface area contributed by atoms with Crippen LogP contribution in [0.4, 0.5) is 0 Å². The molecule has 0 aromatic carbocycles. The average molecular weight is 285 g/mol. The van der Waals surface area contributed by atoms with Crippen molar-refractivity contribution in [1.82, 2.24) is 15.1 Å². The highest BCUT2D eigenvalue weighted by atomic mass is 16.3. The summed E-state index contributed by atoms with van der Waals surface area (Å²) in [6.45, 7) is 2.56. The number of aryl methyl sites for hydroxylation is 1. The van der Waals surface area contributed by atoms with E-state index in [1.165, 1.54) is 6.20 Å². The van der Waals surface area contributed by atoms with Crippen LogP contribution in [0.5, 0.6) is 0 Å². The molecule has 0 atom stereocenters. The van der Waals surface area contributed by atoms with E-state index in [0.717, 1.165) is 17.2 Å². The van der Waals surface area contributed by atoms with Gasteiger partial charge in [-0.15, -0.1) is 0 Å². The van der Waals surface area contributed by atoms with Gasteiger partial charge in [0.2, 0.25) is 0 Å². The fraction of sp³-hybridized carbons (Fsp3) is 0.200. The summed E-state index contributed by atoms with van der Waals surface area (Å²) < 4.78 is 10.7. The fourth-order valence-electron chi connectivity index (χ4n) is 2.12. The van der Waals surface area contributed by atoms with Gasteiger partial charge in [-0.05, 0) is 31.2 Å². The number of hydrogen-bond acceptors (Lipinski definition) is 4. The average Bonchev–Trinajstić information content (AvgIpc) is 3.19. The van der Waals surface area contributed by atoms with E-state index in [4.69, 9.17) is 8.83 Å². The molecule has 0 saturated heterocycles. The number of nitrogens with one attached hydrogen (secondary N) is 1. The SMILES string of the molecule is Cc1[nH]ncc1C(=O)N(Cc1ccco1)Cc1ccco1. The first-order valence-corrected chi connectivity index (χ1v) is 6.58. The molecule has 21 heavy (non-hydrogen) atoms. The molecule has 1 N–H and O–H groups in total. The predicted molar refractivity (Wildman–Crippen MR) is 74.3 cm³/mol. The maximum atomic E-state index is 12.7. The summed E-state index contributed by atoms with van der Waals surface area (Å²) in [4.78, 5) is 14.3. The zero-order chi connectivity index (χ0) is 14.7. The number of nitrogens with zero attached hydrogens (tertiary/aromatic N) is 2. The monoisotopic (exact) mass is 285 g/mol. The van der Waals surface area contributed by atoms with E-state index in [1.807, 2.05) is 19.1 Å². The smallest absolute Gasteiger partial charge is 0.258 e. The number of carbonyl (C=O) groups excluding carboxylic acids is 1. The minimum Gasteiger partial charge on any atom is -0.467 e. The molecule has 0 spiro atoms. The Morgan fingerprint density at radius 2 is 1.81 bits per heavy atom. The van der Waals surface area contributed by atoms with Crippen LogP contribution in [-0.2, 0) is 13.1 Å². The quantitative estimate of drug-likeness (QED) is 0.782. The number of hydrogen-bond donors (Lipinski definition) is 1. The van der Waals surface area contributed by atoms with Crippen molar-refractivity contribution in [3.8, 4) is 0 Å². The summed E-state index contributed by atoms with van der Waals surface area (Å²) >= 11 is 0. The van der Waals surface area contributed by atoms with Crippen LogP contribution in [0.2, 0.25) is 0 Å². The largest absolute Gasteiger partial charge is 0.467 e. The number of furan rings is 2. The second kappa shape index (κ2) is 5.70. The molecular weight excluding hydrogens is 270 g/mol. The molecule has 1 amide bonds. The molecule has 0 saturated carbocycles. The lowest BCUT2D eigenvalue weighted by Crippen LogP contribution is -2.30. The number of H-pyrrole nitrogens is 1. The second-order valence-corrected chi connectivity index (χ2v) is 4.73. The van der Waals surface area contributed by atoms with E-state index in [2.05, 4.69) is 10.2 Å². The number of carbonyl (C=O) groups is 1. The van der Waals surface area contributed by atoms with Gasteiger partial charge in [0.15, 0.2) is 0 Å². The highest BCUT2D eigenvalue weighted by Gasteiger charge is 2.21. The van der Waals surface area contributed by atoms with Gasteiger partial charge in [-0.2, -0.15) is 5.10 Å². The van der Waals surface area contributed by atoms with Crippen LogP contribution in [0.1, 0.15) is 27.6 Å². The number of rotatable bonds is 5. The van der Waals surface area contributed by atoms with Gasteiger partial charge in [-0.1, -0.05) is 0 Å². The Hall–Kier alpha value is -2.76. The van der Waals surface area contributed by atoms with Gasteiger partial charge >= 0.3 is 0 Å². The van der Waals surface area contributed by atoms with Crippen molar-refractivity contribution in [2.24, 2.45) is 0 Å². The fourth-order valence-corrected chi connectivity index (χ4v) is 2.12. The van der Waals surface area contributed by atoms with Crippen molar-refractivity contribution >= 4 is 5.91 Å². The van der Waals surface area contributed by atoms with Gasteiger partial charge in [0, 0.05) is 5.69 Å². The number of aromatic nitrogens is 2. The number of amides is 1. The van der Waals surface area contributed by atoms with Crippen LogP contribution in [0.3, 0.4) is 0 Å². The lowest BCUT2D eigenvalue weighted by atomic mass is 10.2. The molecule has 0 aliphatic carbocycles. The molecule has 3 aromatic rings. The summed E-state index contributed by atoms with van der Waals surface area (Å²) in [6, 6.07) is 7.28. The predicted octanol–water partition coefficient (Wildman–Crippen LogP) is 2.75. The molecule has 0 bridgehead atoms. The Morgan fingerprint density at radius 3 is 2.24 bits per heavy atom. The van der Waals surface area contributed by atoms with Crippen LogP contribution in [-0.4, -0.2) is 21.0 Å². The molecule has 3 aromatic heterocycles. The van der Waals surface area contributed by atoms with Crippen molar-refractivity contribution in [3.63, 3.8) is 0 Å². The molecule has 6 heteroatoms. The topological polar surface area (TPSA) is 75.3 Å². The Bertz CT molecular complexity index is 662. The molecule has 0 unspecified atom stereocenters. The third-order valence-electron chi connectivity index (χ3n) is 3.20. The van der Waals surface area contributed by atoms with Gasteiger partial charge < -0.3 is 13.7 Å². The minimum absolute atomic E-state index is 0.117. The summed E-state index contributed by atoms with van der Waals surface area (Å²) in [7, 11) is 0. The zero-order valence-electron chi connectivity index (χ0n) is 11.6. The van der Waals surface area contributed by atoms with E-state index in [1.54, 1.807) is 29.6 Å². The van der Waals surface area contributed by atoms with Crippen LogP contribution >= 0.6 is 0 Å². The molecule has 6 nitrogen and oxygen atoms in total. The summed E-state index contributed by atoms with van der Waals surface area (Å²) in [5.41, 5.74) is 1.29. The van der Waals surface area contributed by atoms with Crippen molar-refractivity contribution in [3.05, 3.63) is 65.8 Å². The molecule has 3 rings (SSSR count). The molecule has 0 fully saturated rings. The van der Waals surface area contributed by atoms with Gasteiger partial charge in [-0.3, -0.25) is 9.89 Å². The maximum Gasteiger partial charge on any atom is 0.258 e. The van der Waals surface area contributed by atoms with Gasteiger partial charge in [0.1, 0.15) is 11.5 Å². The van der Waals surface area contributed by atoms with Crippen molar-refractivity contribution in [2.45, 2.75) is 20.0 Å². The third kappa shape index (κ3) is 2.89. The van der Waals surface area contributed by atoms with Crippen molar-refractivity contribution in [1.29, 1.82) is 0 Å². The normalized spacial score (nSPS) is 10.7. The van der Waals surface area contributed by atoms with Crippen molar-refractivity contribution < 1.29 is 13.6 Å². The lowest BCUT2D eigenvalue weighted by molar-refractivity contribution is 0.0704. The molecular formula is C15H15N3O3. The third-order valence-corrected chi connectivity index (χ3v) is 3.20. The van der Waals surface area contributed by atoms with Crippen LogP contribution in [0, 0.1) is 6.92 Å². The summed E-state index contributed by atoms with van der Waals surface area (Å²) in [5, 5.41) is 6.68. The lowest BCUT2D eigenvalue weighted by Gasteiger charge is -2.20. The summed E-state index contributed by atoms with van der Waals surface area (Å²) in [6.07, 6.45) is 4.72. The highest BCUT2D eigenvalue weighted by Crippen LogP contribution is 2.16. The van der Waals surface area contributed by atoms with E-state index in [9.17, 15) is 4.79 Å². The van der Waals surface area contributed by atoms with Crippen LogP contribution < -0.4 is 0 Å². The van der Waals surface area contributed by atoms with E-state index in [0.29, 0.717) is 18.7 Å². The second-order valence-electron chi connectivity index (χ2n) is 4.73. The van der Waals surface area contributed by atoms with Crippen LogP contribution in [0.15, 0.2) is 51.8 Å². The first kappa shape index (κ1) is 13.2. The molecule has 0 aliphatic rings. The van der Waals surface area contributed by atoms with E-state index >= 15 is 0 Å². The molecule has 108 valence electrons. The first-order chi connectivity index (χ1) is 10.2. The van der Waals surface area contributed by atoms with Crippen molar-refractivity contribution in [2.75, 3.05) is 0 Å². The Balaban J connectivity index is 1.84. The Morgan fingerprint density at radius 1 is 1.19 bits per heavy atom. The van der Waals surface area contributed by atoms with Gasteiger partial charge in [-0.25, -0.2) is 0 Å². The van der Waals surface area contributed by atoms with E-state index in [-0.39, 0.29) is 5.91 Å².